The average molecular weight is 281 g/mol. The van der Waals surface area contributed by atoms with Crippen molar-refractivity contribution in [2.24, 2.45) is 0 Å². The molecular weight excluding hydrogens is 262 g/mol. The number of rotatable bonds is 4. The van der Waals surface area contributed by atoms with Crippen molar-refractivity contribution in [3.63, 3.8) is 0 Å². The maximum absolute atomic E-state index is 10.7. The van der Waals surface area contributed by atoms with Crippen LogP contribution in [-0.2, 0) is 6.54 Å². The van der Waals surface area contributed by atoms with Gasteiger partial charge in [0, 0.05) is 29.6 Å². The van der Waals surface area contributed by atoms with Crippen molar-refractivity contribution in [1.29, 1.82) is 0 Å². The van der Waals surface area contributed by atoms with E-state index in [0.717, 1.165) is 24.5 Å². The van der Waals surface area contributed by atoms with E-state index < -0.39 is 0 Å². The third-order valence-corrected chi connectivity index (χ3v) is 5.19. The number of nitrogens with one attached hydrogen (secondary N) is 1. The molecule has 2 atom stereocenters. The Balaban J connectivity index is 1.65. The van der Waals surface area contributed by atoms with Crippen LogP contribution in [0, 0.1) is 10.1 Å². The zero-order valence-corrected chi connectivity index (χ0v) is 11.7. The van der Waals surface area contributed by atoms with Gasteiger partial charge in [-0.05, 0) is 44.8 Å². The molecule has 1 aromatic heterocycles. The third kappa shape index (κ3) is 2.80. The first kappa shape index (κ1) is 13.0. The lowest BCUT2D eigenvalue weighted by molar-refractivity contribution is -0.380. The average Bonchev–Trinajstić information content (AvgIpc) is 3.09. The molecule has 2 saturated heterocycles. The SMILES string of the molecule is O=[N+]([O-])c1ccc(CN2CCCC2C2CCCN2)s1. The minimum absolute atomic E-state index is 0.254. The van der Waals surface area contributed by atoms with Gasteiger partial charge >= 0.3 is 5.00 Å². The van der Waals surface area contributed by atoms with E-state index in [-0.39, 0.29) is 9.92 Å². The molecule has 5 nitrogen and oxygen atoms in total. The fraction of sp³-hybridized carbons (Fsp3) is 0.692. The number of nitrogens with zero attached hydrogens (tertiary/aromatic N) is 2. The maximum atomic E-state index is 10.7. The van der Waals surface area contributed by atoms with Crippen LogP contribution >= 0.6 is 11.3 Å². The van der Waals surface area contributed by atoms with Gasteiger partial charge in [0.1, 0.15) is 0 Å². The van der Waals surface area contributed by atoms with Crippen molar-refractivity contribution in [3.05, 3.63) is 27.1 Å². The van der Waals surface area contributed by atoms with Gasteiger partial charge in [0.2, 0.25) is 0 Å². The first-order valence-electron chi connectivity index (χ1n) is 6.94. The Bertz CT molecular complexity index is 456. The topological polar surface area (TPSA) is 58.4 Å². The molecule has 2 aliphatic rings. The summed E-state index contributed by atoms with van der Waals surface area (Å²) < 4.78 is 0. The highest BCUT2D eigenvalue weighted by atomic mass is 32.1. The molecular formula is C13H19N3O2S. The summed E-state index contributed by atoms with van der Waals surface area (Å²) in [4.78, 5) is 14.0. The monoisotopic (exact) mass is 281 g/mol. The summed E-state index contributed by atoms with van der Waals surface area (Å²) in [6.07, 6.45) is 5.05. The summed E-state index contributed by atoms with van der Waals surface area (Å²) in [5.74, 6) is 0. The molecule has 3 heterocycles. The van der Waals surface area contributed by atoms with E-state index >= 15 is 0 Å². The van der Waals surface area contributed by atoms with Gasteiger partial charge in [-0.15, -0.1) is 0 Å². The van der Waals surface area contributed by atoms with E-state index in [1.54, 1.807) is 6.07 Å². The van der Waals surface area contributed by atoms with E-state index in [0.29, 0.717) is 12.1 Å². The van der Waals surface area contributed by atoms with Crippen LogP contribution in [0.4, 0.5) is 5.00 Å². The van der Waals surface area contributed by atoms with E-state index in [1.165, 1.54) is 37.0 Å². The molecule has 1 aromatic rings. The van der Waals surface area contributed by atoms with Crippen LogP contribution in [0.25, 0.3) is 0 Å². The molecule has 0 saturated carbocycles. The molecule has 2 aliphatic heterocycles. The van der Waals surface area contributed by atoms with Crippen LogP contribution in [0.3, 0.4) is 0 Å². The van der Waals surface area contributed by atoms with Crippen molar-refractivity contribution >= 4 is 16.3 Å². The van der Waals surface area contributed by atoms with E-state index in [9.17, 15) is 10.1 Å². The van der Waals surface area contributed by atoms with Gasteiger partial charge < -0.3 is 5.32 Å². The smallest absolute Gasteiger partial charge is 0.312 e. The van der Waals surface area contributed by atoms with Crippen LogP contribution in [-0.4, -0.2) is 35.0 Å². The van der Waals surface area contributed by atoms with Crippen LogP contribution in [0.1, 0.15) is 30.6 Å². The Morgan fingerprint density at radius 1 is 1.42 bits per heavy atom. The lowest BCUT2D eigenvalue weighted by Gasteiger charge is -2.29. The predicted octanol–water partition coefficient (Wildman–Crippen LogP) is 2.37. The van der Waals surface area contributed by atoms with Gasteiger partial charge in [-0.3, -0.25) is 15.0 Å². The highest BCUT2D eigenvalue weighted by molar-refractivity contribution is 7.15. The Kier molecular flexibility index (Phi) is 3.81. The van der Waals surface area contributed by atoms with Gasteiger partial charge in [-0.25, -0.2) is 0 Å². The molecule has 1 N–H and O–H groups in total. The first-order valence-corrected chi connectivity index (χ1v) is 7.76. The van der Waals surface area contributed by atoms with Gasteiger partial charge in [-0.2, -0.15) is 0 Å². The predicted molar refractivity (Wildman–Crippen MR) is 75.4 cm³/mol. The fourth-order valence-electron chi connectivity index (χ4n) is 3.29. The second-order valence-electron chi connectivity index (χ2n) is 5.38. The van der Waals surface area contributed by atoms with Crippen molar-refractivity contribution < 1.29 is 4.92 Å². The van der Waals surface area contributed by atoms with Crippen LogP contribution in [0.15, 0.2) is 12.1 Å². The van der Waals surface area contributed by atoms with E-state index in [1.807, 2.05) is 6.07 Å². The quantitative estimate of drug-likeness (QED) is 0.680. The minimum atomic E-state index is -0.297. The molecule has 6 heteroatoms. The molecule has 0 bridgehead atoms. The van der Waals surface area contributed by atoms with Gasteiger partial charge in [0.25, 0.3) is 0 Å². The van der Waals surface area contributed by atoms with E-state index in [2.05, 4.69) is 10.2 Å². The summed E-state index contributed by atoms with van der Waals surface area (Å²) in [5.41, 5.74) is 0. The lowest BCUT2D eigenvalue weighted by Crippen LogP contribution is -2.43. The zero-order chi connectivity index (χ0) is 13.2. The number of likely N-dealkylation sites (tertiary alicyclic amines) is 1. The van der Waals surface area contributed by atoms with Crippen LogP contribution in [0.2, 0.25) is 0 Å². The summed E-state index contributed by atoms with van der Waals surface area (Å²) in [6, 6.07) is 4.76. The molecule has 0 amide bonds. The molecule has 19 heavy (non-hydrogen) atoms. The Morgan fingerprint density at radius 3 is 3.00 bits per heavy atom. The Labute approximate surface area is 116 Å². The van der Waals surface area contributed by atoms with Crippen LogP contribution in [0.5, 0.6) is 0 Å². The molecule has 0 aliphatic carbocycles. The highest BCUT2D eigenvalue weighted by Crippen LogP contribution is 2.30. The molecule has 0 aromatic carbocycles. The standard InChI is InChI=1S/C13H19N3O2S/c17-16(18)13-6-5-10(19-13)9-15-8-2-4-12(15)11-3-1-7-14-11/h5-6,11-12,14H,1-4,7-9H2. The summed E-state index contributed by atoms with van der Waals surface area (Å²) >= 11 is 1.31. The number of nitro groups is 1. The zero-order valence-electron chi connectivity index (χ0n) is 10.9. The summed E-state index contributed by atoms with van der Waals surface area (Å²) in [5, 5.41) is 14.6. The Morgan fingerprint density at radius 2 is 2.32 bits per heavy atom. The lowest BCUT2D eigenvalue weighted by atomic mass is 10.0. The van der Waals surface area contributed by atoms with Crippen molar-refractivity contribution in [2.45, 2.75) is 44.3 Å². The summed E-state index contributed by atoms with van der Waals surface area (Å²) in [7, 11) is 0. The van der Waals surface area contributed by atoms with Crippen molar-refractivity contribution in [1.82, 2.24) is 10.2 Å². The number of hydrogen-bond donors (Lipinski definition) is 1. The number of hydrogen-bond acceptors (Lipinski definition) is 5. The molecule has 2 unspecified atom stereocenters. The molecule has 0 spiro atoms. The van der Waals surface area contributed by atoms with E-state index in [4.69, 9.17) is 0 Å². The number of thiophene rings is 1. The third-order valence-electron chi connectivity index (χ3n) is 4.16. The second kappa shape index (κ2) is 5.56. The molecule has 0 radical (unpaired) electrons. The Hall–Kier alpha value is -0.980. The molecule has 3 rings (SSSR count). The van der Waals surface area contributed by atoms with Gasteiger partial charge in [0.05, 0.1) is 4.92 Å². The fourth-order valence-corrected chi connectivity index (χ4v) is 4.14. The normalized spacial score (nSPS) is 28.0. The van der Waals surface area contributed by atoms with Crippen LogP contribution < -0.4 is 5.32 Å². The van der Waals surface area contributed by atoms with Gasteiger partial charge in [-0.1, -0.05) is 11.3 Å². The molecule has 104 valence electrons. The summed E-state index contributed by atoms with van der Waals surface area (Å²) in [6.45, 7) is 3.12. The maximum Gasteiger partial charge on any atom is 0.324 e. The van der Waals surface area contributed by atoms with Crippen molar-refractivity contribution in [2.75, 3.05) is 13.1 Å². The minimum Gasteiger partial charge on any atom is -0.312 e. The largest absolute Gasteiger partial charge is 0.324 e. The van der Waals surface area contributed by atoms with Crippen molar-refractivity contribution in [3.8, 4) is 0 Å². The second-order valence-corrected chi connectivity index (χ2v) is 6.53. The van der Waals surface area contributed by atoms with Gasteiger partial charge in [0.15, 0.2) is 0 Å². The highest BCUT2D eigenvalue weighted by Gasteiger charge is 2.33. The molecule has 2 fully saturated rings. The first-order chi connectivity index (χ1) is 9.24.